The smallest absolute Gasteiger partial charge is 0.304 e. The number of nitrogens with zero attached hydrogens (tertiary/aromatic N) is 5. The van der Waals surface area contributed by atoms with Crippen molar-refractivity contribution in [3.05, 3.63) is 52.5 Å². The van der Waals surface area contributed by atoms with Crippen molar-refractivity contribution in [2.75, 3.05) is 26.8 Å². The van der Waals surface area contributed by atoms with Gasteiger partial charge in [-0.2, -0.15) is 0 Å². The Hall–Kier alpha value is -3.24. The van der Waals surface area contributed by atoms with E-state index in [1.807, 2.05) is 30.3 Å². The van der Waals surface area contributed by atoms with Crippen molar-refractivity contribution in [2.24, 2.45) is 15.4 Å². The van der Waals surface area contributed by atoms with Crippen LogP contribution in [0.4, 0.5) is 5.69 Å². The maximum absolute atomic E-state index is 12.1. The number of benzene rings is 2. The van der Waals surface area contributed by atoms with Crippen LogP contribution in [0.5, 0.6) is 11.6 Å². The zero-order valence-corrected chi connectivity index (χ0v) is 19.7. The van der Waals surface area contributed by atoms with E-state index in [1.165, 1.54) is 6.21 Å². The predicted molar refractivity (Wildman–Crippen MR) is 128 cm³/mol. The molecule has 0 atom stereocenters. The van der Waals surface area contributed by atoms with Crippen LogP contribution in [0.1, 0.15) is 18.4 Å². The first-order chi connectivity index (χ1) is 16.0. The van der Waals surface area contributed by atoms with E-state index >= 15 is 0 Å². The molecule has 1 N–H and O–H groups in total. The molecule has 0 bridgehead atoms. The average Bonchev–Trinajstić information content (AvgIpc) is 3.42. The Morgan fingerprint density at radius 3 is 2.67 bits per heavy atom. The van der Waals surface area contributed by atoms with Crippen molar-refractivity contribution in [3.63, 3.8) is 0 Å². The molecule has 3 aromatic rings. The summed E-state index contributed by atoms with van der Waals surface area (Å²) in [5, 5.41) is 23.1. The number of fused-ring (bicyclic) bond motifs is 1. The molecule has 0 aliphatic carbocycles. The fourth-order valence-corrected chi connectivity index (χ4v) is 4.04. The number of carbonyl (C=O) groups is 1. The monoisotopic (exact) mass is 513 g/mol. The zero-order chi connectivity index (χ0) is 23.2. The molecule has 172 valence electrons. The second-order valence-electron chi connectivity index (χ2n) is 7.60. The third kappa shape index (κ3) is 5.58. The summed E-state index contributed by atoms with van der Waals surface area (Å²) in [6, 6.07) is 12.9. The molecule has 33 heavy (non-hydrogen) atoms. The van der Waals surface area contributed by atoms with Gasteiger partial charge in [0.05, 0.1) is 25.5 Å². The highest BCUT2D eigenvalue weighted by atomic mass is 79.9. The van der Waals surface area contributed by atoms with Gasteiger partial charge in [0.1, 0.15) is 5.75 Å². The molecule has 1 aliphatic rings. The van der Waals surface area contributed by atoms with Gasteiger partial charge < -0.3 is 14.7 Å². The van der Waals surface area contributed by atoms with Crippen LogP contribution in [0.2, 0.25) is 0 Å². The van der Waals surface area contributed by atoms with E-state index < -0.39 is 5.91 Å². The van der Waals surface area contributed by atoms with Crippen LogP contribution in [-0.4, -0.2) is 53.5 Å². The van der Waals surface area contributed by atoms with Crippen molar-refractivity contribution in [1.82, 2.24) is 9.47 Å². The Balaban J connectivity index is 1.44. The maximum atomic E-state index is 12.1. The molecule has 1 fully saturated rings. The molecule has 0 radical (unpaired) electrons. The number of halogens is 1. The van der Waals surface area contributed by atoms with Crippen LogP contribution >= 0.6 is 15.9 Å². The van der Waals surface area contributed by atoms with Gasteiger partial charge in [-0.1, -0.05) is 21.1 Å². The van der Waals surface area contributed by atoms with Gasteiger partial charge in [-0.15, -0.1) is 10.2 Å². The lowest BCUT2D eigenvalue weighted by molar-refractivity contribution is -0.122. The van der Waals surface area contributed by atoms with Crippen LogP contribution in [0.3, 0.4) is 0 Å². The molecule has 10 heteroatoms. The van der Waals surface area contributed by atoms with Crippen molar-refractivity contribution in [3.8, 4) is 11.6 Å². The summed E-state index contributed by atoms with van der Waals surface area (Å²) in [5.41, 5.74) is 1.87. The molecular formula is C23H24BrN5O4. The SMILES string of the molecule is COc1ccc(/C=N\OCC(=O)N=Nc2c(O)n(CN3CCCC3)c3ccc(Br)cc23)cc1. The highest BCUT2D eigenvalue weighted by Crippen LogP contribution is 2.40. The van der Waals surface area contributed by atoms with Crippen molar-refractivity contribution < 1.29 is 19.5 Å². The number of carbonyl (C=O) groups excluding carboxylic acids is 1. The number of aromatic hydroxyl groups is 1. The molecule has 0 unspecified atom stereocenters. The van der Waals surface area contributed by atoms with Crippen LogP contribution < -0.4 is 4.74 Å². The summed E-state index contributed by atoms with van der Waals surface area (Å²) in [6.45, 7) is 2.16. The summed E-state index contributed by atoms with van der Waals surface area (Å²) < 4.78 is 7.73. The summed E-state index contributed by atoms with van der Waals surface area (Å²) in [4.78, 5) is 19.4. The lowest BCUT2D eigenvalue weighted by atomic mass is 10.2. The number of rotatable bonds is 8. The molecule has 2 aromatic carbocycles. The number of hydrogen-bond acceptors (Lipinski definition) is 7. The van der Waals surface area contributed by atoms with E-state index in [-0.39, 0.29) is 18.2 Å². The van der Waals surface area contributed by atoms with Gasteiger partial charge in [-0.3, -0.25) is 14.3 Å². The fraction of sp³-hybridized carbons (Fsp3) is 0.304. The normalized spacial score (nSPS) is 14.6. The van der Waals surface area contributed by atoms with Gasteiger partial charge in [0.2, 0.25) is 5.88 Å². The minimum atomic E-state index is -0.614. The van der Waals surface area contributed by atoms with E-state index in [0.717, 1.165) is 47.2 Å². The minimum Gasteiger partial charge on any atom is -0.497 e. The second-order valence-corrected chi connectivity index (χ2v) is 8.52. The topological polar surface area (TPSA) is 101 Å². The third-order valence-electron chi connectivity index (χ3n) is 5.35. The lowest BCUT2D eigenvalue weighted by Crippen LogP contribution is -2.22. The largest absolute Gasteiger partial charge is 0.497 e. The molecule has 2 heterocycles. The Morgan fingerprint density at radius 1 is 1.18 bits per heavy atom. The number of oxime groups is 1. The summed E-state index contributed by atoms with van der Waals surface area (Å²) >= 11 is 3.45. The molecule has 0 spiro atoms. The Morgan fingerprint density at radius 2 is 1.94 bits per heavy atom. The second kappa shape index (κ2) is 10.6. The summed E-state index contributed by atoms with van der Waals surface area (Å²) in [5.74, 6) is 0.0995. The van der Waals surface area contributed by atoms with Crippen LogP contribution in [0, 0.1) is 0 Å². The predicted octanol–water partition coefficient (Wildman–Crippen LogP) is 4.83. The van der Waals surface area contributed by atoms with Crippen molar-refractivity contribution >= 4 is 44.6 Å². The first kappa shape index (κ1) is 22.9. The number of aromatic nitrogens is 1. The minimum absolute atomic E-state index is 0.0232. The van der Waals surface area contributed by atoms with E-state index in [1.54, 1.807) is 23.8 Å². The first-order valence-corrected chi connectivity index (χ1v) is 11.3. The van der Waals surface area contributed by atoms with E-state index in [9.17, 15) is 9.90 Å². The highest BCUT2D eigenvalue weighted by molar-refractivity contribution is 9.10. The van der Waals surface area contributed by atoms with Crippen molar-refractivity contribution in [2.45, 2.75) is 19.5 Å². The number of hydrogen-bond donors (Lipinski definition) is 1. The third-order valence-corrected chi connectivity index (χ3v) is 5.85. The van der Waals surface area contributed by atoms with Gasteiger partial charge in [-0.25, -0.2) is 0 Å². The average molecular weight is 514 g/mol. The number of methoxy groups -OCH3 is 1. The van der Waals surface area contributed by atoms with Crippen molar-refractivity contribution in [1.29, 1.82) is 0 Å². The highest BCUT2D eigenvalue weighted by Gasteiger charge is 2.20. The van der Waals surface area contributed by atoms with Crippen LogP contribution in [0.15, 0.2) is 62.3 Å². The molecule has 9 nitrogen and oxygen atoms in total. The summed E-state index contributed by atoms with van der Waals surface area (Å²) in [6.07, 6.45) is 3.78. The molecule has 1 amide bonds. The van der Waals surface area contributed by atoms with E-state index in [2.05, 4.69) is 36.2 Å². The number of amides is 1. The van der Waals surface area contributed by atoms with Gasteiger partial charge in [0.15, 0.2) is 12.3 Å². The lowest BCUT2D eigenvalue weighted by Gasteiger charge is -2.17. The van der Waals surface area contributed by atoms with Gasteiger partial charge >= 0.3 is 5.91 Å². The Labute approximate surface area is 199 Å². The van der Waals surface area contributed by atoms with E-state index in [4.69, 9.17) is 9.57 Å². The first-order valence-electron chi connectivity index (χ1n) is 10.5. The number of likely N-dealkylation sites (tertiary alicyclic amines) is 1. The molecular weight excluding hydrogens is 490 g/mol. The van der Waals surface area contributed by atoms with Gasteiger partial charge in [0, 0.05) is 9.86 Å². The molecule has 0 saturated carbocycles. The Kier molecular flexibility index (Phi) is 7.36. The maximum Gasteiger partial charge on any atom is 0.304 e. The summed E-state index contributed by atoms with van der Waals surface area (Å²) in [7, 11) is 1.59. The van der Waals surface area contributed by atoms with Gasteiger partial charge in [0.25, 0.3) is 0 Å². The van der Waals surface area contributed by atoms with Crippen LogP contribution in [0.25, 0.3) is 10.9 Å². The number of azo groups is 1. The number of ether oxygens (including phenoxy) is 1. The fourth-order valence-electron chi connectivity index (χ4n) is 3.68. The standard InChI is InChI=1S/C23H24BrN5O4/c1-32-18-7-4-16(5-8-18)13-25-33-14-21(30)26-27-22-19-12-17(24)6-9-20(19)29(23(22)31)15-28-10-2-3-11-28/h4-9,12-13,31H,2-3,10-11,14-15H2,1H3/b25-13-,27-26?. The molecule has 4 rings (SSSR count). The molecule has 1 aliphatic heterocycles. The zero-order valence-electron chi connectivity index (χ0n) is 18.1. The van der Waals surface area contributed by atoms with Gasteiger partial charge in [-0.05, 0) is 74.0 Å². The van der Waals surface area contributed by atoms with Crippen LogP contribution in [-0.2, 0) is 16.3 Å². The quantitative estimate of drug-likeness (QED) is 0.264. The Bertz CT molecular complexity index is 1180. The molecule has 1 saturated heterocycles. The van der Waals surface area contributed by atoms with E-state index in [0.29, 0.717) is 12.1 Å². The molecule has 1 aromatic heterocycles.